The normalized spacial score (nSPS) is 12.2. The molecule has 17 rings (SSSR count). The largest absolute Gasteiger partial charge is 0.307 e. The molecule has 76 heavy (non-hydrogen) atoms. The van der Waals surface area contributed by atoms with Crippen molar-refractivity contribution in [2.45, 2.75) is 0 Å². The second kappa shape index (κ2) is 15.3. The summed E-state index contributed by atoms with van der Waals surface area (Å²) in [6.07, 6.45) is 0. The predicted octanol–water partition coefficient (Wildman–Crippen LogP) is 18.6. The van der Waals surface area contributed by atoms with E-state index in [-0.39, 0.29) is 0 Å². The van der Waals surface area contributed by atoms with Gasteiger partial charge in [0.2, 0.25) is 0 Å². The second-order valence-corrected chi connectivity index (χ2v) is 22.0. The number of hydrogen-bond acceptors (Lipinski definition) is 4. The summed E-state index contributed by atoms with van der Waals surface area (Å²) in [7, 11) is 0. The van der Waals surface area contributed by atoms with Crippen LogP contribution in [0.5, 0.6) is 0 Å². The Morgan fingerprint density at radius 1 is 0.250 bits per heavy atom. The van der Waals surface area contributed by atoms with Crippen LogP contribution in [0.1, 0.15) is 11.1 Å². The molecule has 0 aliphatic rings. The highest BCUT2D eigenvalue weighted by molar-refractivity contribution is 7.26. The van der Waals surface area contributed by atoms with Gasteiger partial charge in [0.15, 0.2) is 0 Å². The van der Waals surface area contributed by atoms with Crippen LogP contribution in [0, 0.1) is 22.7 Å². The Morgan fingerprint density at radius 3 is 0.974 bits per heavy atom. The van der Waals surface area contributed by atoms with E-state index < -0.39 is 0 Å². The molecule has 17 aromatic rings. The molecule has 0 aliphatic heterocycles. The molecule has 0 atom stereocenters. The monoisotopic (exact) mass is 1000 g/mol. The average Bonchev–Trinajstić information content (AvgIpc) is 4.51. The number of fused-ring (bicyclic) bond motifs is 18. The fourth-order valence-electron chi connectivity index (χ4n) is 12.9. The summed E-state index contributed by atoms with van der Waals surface area (Å²) < 4.78 is 14.0. The van der Waals surface area contributed by atoms with Crippen molar-refractivity contribution in [3.63, 3.8) is 0 Å². The van der Waals surface area contributed by atoms with Crippen LogP contribution in [0.25, 0.3) is 150 Å². The Kier molecular flexibility index (Phi) is 8.36. The van der Waals surface area contributed by atoms with Gasteiger partial charge in [0.25, 0.3) is 0 Å². The van der Waals surface area contributed by atoms with Crippen molar-refractivity contribution in [3.8, 4) is 34.9 Å². The molecule has 350 valence electrons. The number of thiophene rings is 2. The molecule has 6 heterocycles. The topological polar surface area (TPSA) is 67.3 Å². The third-order valence-corrected chi connectivity index (χ3v) is 18.3. The molecule has 0 unspecified atom stereocenters. The first-order valence-electron chi connectivity index (χ1n) is 25.4. The van der Waals surface area contributed by atoms with Crippen molar-refractivity contribution in [2.75, 3.05) is 0 Å². The second-order valence-electron chi connectivity index (χ2n) is 19.8. The summed E-state index contributed by atoms with van der Waals surface area (Å²) in [6, 6.07) is 83.4. The van der Waals surface area contributed by atoms with Gasteiger partial charge in [-0.2, -0.15) is 10.5 Å². The van der Waals surface area contributed by atoms with E-state index in [0.717, 1.165) is 108 Å². The maximum absolute atomic E-state index is 11.8. The maximum atomic E-state index is 11.8. The molecular formula is C68H36N6S2. The van der Waals surface area contributed by atoms with Gasteiger partial charge in [0, 0.05) is 83.4 Å². The van der Waals surface area contributed by atoms with Gasteiger partial charge >= 0.3 is 0 Å². The summed E-state index contributed by atoms with van der Waals surface area (Å²) in [5.74, 6) is 0. The molecule has 0 spiro atoms. The Morgan fingerprint density at radius 2 is 0.592 bits per heavy atom. The molecular weight excluding hydrogens is 965 g/mol. The molecule has 0 fully saturated rings. The van der Waals surface area contributed by atoms with Crippen LogP contribution < -0.4 is 0 Å². The summed E-state index contributed by atoms with van der Waals surface area (Å²) in [5.41, 5.74) is 12.4. The Labute approximate surface area is 440 Å². The molecule has 0 aliphatic carbocycles. The first-order chi connectivity index (χ1) is 37.6. The fraction of sp³-hybridized carbons (Fsp3) is 0. The smallest absolute Gasteiger partial charge is 0.101 e. The van der Waals surface area contributed by atoms with Crippen molar-refractivity contribution in [3.05, 3.63) is 230 Å². The molecule has 0 amide bonds. The Bertz CT molecular complexity index is 5070. The zero-order valence-corrected chi connectivity index (χ0v) is 41.9. The molecule has 0 saturated carbocycles. The van der Waals surface area contributed by atoms with Gasteiger partial charge < -0.3 is 18.3 Å². The highest BCUT2D eigenvalue weighted by atomic mass is 32.1. The highest BCUT2D eigenvalue weighted by Crippen LogP contribution is 2.47. The van der Waals surface area contributed by atoms with Gasteiger partial charge in [-0.25, -0.2) is 0 Å². The molecule has 0 N–H and O–H groups in total. The van der Waals surface area contributed by atoms with Crippen molar-refractivity contribution in [2.24, 2.45) is 0 Å². The van der Waals surface area contributed by atoms with Gasteiger partial charge in [-0.15, -0.1) is 22.7 Å². The third-order valence-electron chi connectivity index (χ3n) is 16.0. The van der Waals surface area contributed by atoms with E-state index in [4.69, 9.17) is 0 Å². The van der Waals surface area contributed by atoms with E-state index in [1.54, 1.807) is 22.7 Å². The van der Waals surface area contributed by atoms with Crippen LogP contribution in [0.15, 0.2) is 218 Å². The quantitative estimate of drug-likeness (QED) is 0.176. The number of nitrogens with zero attached hydrogens (tertiary/aromatic N) is 6. The summed E-state index contributed by atoms with van der Waals surface area (Å²) >= 11 is 3.56. The summed E-state index contributed by atoms with van der Waals surface area (Å²) in [4.78, 5) is 0. The van der Waals surface area contributed by atoms with Gasteiger partial charge in [0.1, 0.15) is 12.1 Å². The lowest BCUT2D eigenvalue weighted by molar-refractivity contribution is 1.10. The molecule has 6 aromatic heterocycles. The lowest BCUT2D eigenvalue weighted by Gasteiger charge is -2.18. The van der Waals surface area contributed by atoms with Crippen molar-refractivity contribution in [1.82, 2.24) is 18.3 Å². The minimum Gasteiger partial charge on any atom is -0.307 e. The predicted molar refractivity (Wildman–Crippen MR) is 319 cm³/mol. The van der Waals surface area contributed by atoms with E-state index in [2.05, 4.69) is 237 Å². The maximum Gasteiger partial charge on any atom is 0.101 e. The van der Waals surface area contributed by atoms with Gasteiger partial charge in [0.05, 0.1) is 78.0 Å². The minimum atomic E-state index is 0.452. The van der Waals surface area contributed by atoms with E-state index >= 15 is 0 Å². The van der Waals surface area contributed by atoms with Crippen LogP contribution >= 0.6 is 22.7 Å². The van der Waals surface area contributed by atoms with Crippen LogP contribution in [0.2, 0.25) is 0 Å². The average molecular weight is 1000 g/mol. The van der Waals surface area contributed by atoms with E-state index in [0.29, 0.717) is 22.5 Å². The first kappa shape index (κ1) is 41.5. The summed E-state index contributed by atoms with van der Waals surface area (Å²) in [6.45, 7) is 0. The van der Waals surface area contributed by atoms with Gasteiger partial charge in [-0.3, -0.25) is 0 Å². The highest BCUT2D eigenvalue weighted by Gasteiger charge is 2.27. The fourth-order valence-corrected chi connectivity index (χ4v) is 15.1. The number of hydrogen-bond donors (Lipinski definition) is 0. The lowest BCUT2D eigenvalue weighted by Crippen LogP contribution is -2.06. The molecule has 0 bridgehead atoms. The summed E-state index contributed by atoms with van der Waals surface area (Å²) in [5, 5.41) is 37.3. The molecule has 8 heteroatoms. The van der Waals surface area contributed by atoms with Crippen molar-refractivity contribution in [1.29, 1.82) is 10.5 Å². The number of aromatic nitrogens is 4. The zero-order valence-electron chi connectivity index (χ0n) is 40.3. The SMILES string of the molecule is N#Cc1cc(-n2c3cc4sc5ccccc5c4cc3c3cccc(-n4c5ccccc5c5ccccc54)c32)c(C#N)cc1-n1c2cc3sc4ccccc4c3cc2c2cccc(-n3c4ccccc4c4ccccc43)c21. The van der Waals surface area contributed by atoms with Crippen LogP contribution in [-0.2, 0) is 0 Å². The molecule has 11 aromatic carbocycles. The molecule has 0 radical (unpaired) electrons. The number of benzene rings is 11. The van der Waals surface area contributed by atoms with E-state index in [1.165, 1.54) is 30.9 Å². The van der Waals surface area contributed by atoms with E-state index in [9.17, 15) is 10.5 Å². The number of nitriles is 2. The van der Waals surface area contributed by atoms with Crippen molar-refractivity contribution < 1.29 is 0 Å². The lowest BCUT2D eigenvalue weighted by atomic mass is 10.1. The first-order valence-corrected chi connectivity index (χ1v) is 27.0. The van der Waals surface area contributed by atoms with E-state index in [1.807, 2.05) is 12.1 Å². The zero-order chi connectivity index (χ0) is 49.9. The van der Waals surface area contributed by atoms with Crippen LogP contribution in [-0.4, -0.2) is 18.3 Å². The van der Waals surface area contributed by atoms with Crippen molar-refractivity contribution >= 4 is 150 Å². The number of rotatable bonds is 4. The molecule has 0 saturated heterocycles. The number of para-hydroxylation sites is 6. The minimum absolute atomic E-state index is 0.452. The van der Waals surface area contributed by atoms with Gasteiger partial charge in [-0.05, 0) is 84.9 Å². The third kappa shape index (κ3) is 5.45. The van der Waals surface area contributed by atoms with Crippen LogP contribution in [0.4, 0.5) is 0 Å². The van der Waals surface area contributed by atoms with Gasteiger partial charge in [-0.1, -0.05) is 133 Å². The molecule has 6 nitrogen and oxygen atoms in total. The Balaban J connectivity index is 1.01. The standard InChI is InChI=1S/C68H36N6S2/c69-37-39-32-60(74-62-36-66-52(46-20-6-12-30-64(46)76-66)34-50(62)48-22-14-28-58(68(48)74)72-55-25-9-3-17-43(55)44-18-4-10-26-56(44)72)40(38-70)31-59(39)73-61-35-65-51(45-19-5-11-29-63(45)75-65)33-49(61)47-21-13-27-57(67(47)73)71-53-23-7-1-15-41(53)42-16-2-8-24-54(42)71/h1-36H. The Hall–Kier alpha value is -9.96. The van der Waals surface area contributed by atoms with Crippen LogP contribution in [0.3, 0.4) is 0 Å².